The molecule has 0 saturated carbocycles. The molecule has 26 heavy (non-hydrogen) atoms. The zero-order chi connectivity index (χ0) is 20.3. The predicted molar refractivity (Wildman–Crippen MR) is 102 cm³/mol. The van der Waals surface area contributed by atoms with Gasteiger partial charge < -0.3 is 4.74 Å². The highest BCUT2D eigenvalue weighted by atomic mass is 32.2. The van der Waals surface area contributed by atoms with Crippen molar-refractivity contribution < 1.29 is 35.3 Å². The summed E-state index contributed by atoms with van der Waals surface area (Å²) in [4.78, 5) is 0. The highest BCUT2D eigenvalue weighted by Crippen LogP contribution is 2.37. The van der Waals surface area contributed by atoms with Crippen molar-refractivity contribution in [2.45, 2.75) is 37.6 Å². The lowest BCUT2D eigenvalue weighted by atomic mass is 9.77. The molecule has 0 heterocycles. The van der Waals surface area contributed by atoms with Gasteiger partial charge in [0.1, 0.15) is 48.7 Å². The Morgan fingerprint density at radius 1 is 0.923 bits per heavy atom. The fourth-order valence-corrected chi connectivity index (χ4v) is 3.70. The molecule has 0 aliphatic heterocycles. The van der Waals surface area contributed by atoms with E-state index >= 15 is 0 Å². The molecule has 13 heteroatoms. The fraction of sp³-hybridized carbons (Fsp3) is 0.538. The van der Waals surface area contributed by atoms with Crippen molar-refractivity contribution in [3.05, 3.63) is 28.1 Å². The van der Waals surface area contributed by atoms with Crippen LogP contribution in [0.4, 0.5) is 17.6 Å². The third-order valence-corrected chi connectivity index (χ3v) is 4.93. The third-order valence-electron chi connectivity index (χ3n) is 4.21. The van der Waals surface area contributed by atoms with Gasteiger partial charge in [0.15, 0.2) is 0 Å². The van der Waals surface area contributed by atoms with E-state index in [9.17, 15) is 26.0 Å². The van der Waals surface area contributed by atoms with Crippen molar-refractivity contribution in [2.75, 3.05) is 5.75 Å². The smallest absolute Gasteiger partial charge is 0.426 e. The number of benzene rings is 1. The minimum Gasteiger partial charge on any atom is -0.479 e. The zero-order valence-corrected chi connectivity index (χ0v) is 16.0. The van der Waals surface area contributed by atoms with Crippen molar-refractivity contribution in [3.8, 4) is 5.75 Å². The Balaban J connectivity index is 3.67. The molecule has 0 aliphatic rings. The Morgan fingerprint density at radius 3 is 1.58 bits per heavy atom. The van der Waals surface area contributed by atoms with E-state index in [0.717, 1.165) is 0 Å². The van der Waals surface area contributed by atoms with Crippen molar-refractivity contribution in [2.24, 2.45) is 0 Å². The summed E-state index contributed by atoms with van der Waals surface area (Å²) in [5.41, 5.74) is 1.13. The van der Waals surface area contributed by atoms with Crippen LogP contribution in [-0.4, -0.2) is 62.4 Å². The van der Waals surface area contributed by atoms with Crippen LogP contribution in [0.25, 0.3) is 0 Å². The maximum absolute atomic E-state index is 14.8. The molecule has 0 aliphatic carbocycles. The second-order valence-electron chi connectivity index (χ2n) is 5.87. The average molecular weight is 392 g/mol. The molecule has 0 spiro atoms. The summed E-state index contributed by atoms with van der Waals surface area (Å²) in [6, 6.07) is 0. The van der Waals surface area contributed by atoms with E-state index in [1.165, 1.54) is 0 Å². The SMILES string of the molecule is BCc1c(F)c(CB)c(CB)c(OC(CS(=O)(=O)O)C(F)(F)F)c1CB. The molecule has 1 aromatic rings. The molecule has 0 amide bonds. The number of hydrogen-bond donors (Lipinski definition) is 1. The molecule has 142 valence electrons. The molecular formula is C13H20B4F4O4S. The van der Waals surface area contributed by atoms with E-state index < -0.39 is 34.0 Å². The second kappa shape index (κ2) is 8.73. The van der Waals surface area contributed by atoms with E-state index in [4.69, 9.17) is 9.29 Å². The van der Waals surface area contributed by atoms with Crippen LogP contribution in [-0.2, 0) is 35.4 Å². The number of alkyl halides is 3. The van der Waals surface area contributed by atoms with Gasteiger partial charge in [-0.25, -0.2) is 4.39 Å². The summed E-state index contributed by atoms with van der Waals surface area (Å²) >= 11 is 0. The first-order chi connectivity index (χ1) is 11.9. The van der Waals surface area contributed by atoms with E-state index in [1.54, 1.807) is 31.4 Å². The number of rotatable bonds is 8. The first kappa shape index (κ1) is 22.9. The fourth-order valence-electron chi connectivity index (χ4n) is 3.06. The van der Waals surface area contributed by atoms with Gasteiger partial charge in [-0.3, -0.25) is 4.55 Å². The van der Waals surface area contributed by atoms with E-state index in [2.05, 4.69) is 0 Å². The second-order valence-corrected chi connectivity index (χ2v) is 7.37. The number of hydrogen-bond acceptors (Lipinski definition) is 3. The lowest BCUT2D eigenvalue weighted by molar-refractivity contribution is -0.188. The van der Waals surface area contributed by atoms with Crippen LogP contribution in [0, 0.1) is 5.82 Å². The highest BCUT2D eigenvalue weighted by molar-refractivity contribution is 7.85. The summed E-state index contributed by atoms with van der Waals surface area (Å²) in [6.07, 6.45) is -6.78. The normalized spacial score (nSPS) is 13.6. The molecule has 1 aromatic carbocycles. The van der Waals surface area contributed by atoms with Gasteiger partial charge in [-0.15, -0.1) is 0 Å². The van der Waals surface area contributed by atoms with Gasteiger partial charge in [0.25, 0.3) is 10.1 Å². The van der Waals surface area contributed by atoms with Gasteiger partial charge in [-0.1, -0.05) is 25.3 Å². The van der Waals surface area contributed by atoms with Gasteiger partial charge in [-0.2, -0.15) is 21.6 Å². The number of halogens is 4. The van der Waals surface area contributed by atoms with Gasteiger partial charge in [0.05, 0.1) is 0 Å². The molecule has 0 radical (unpaired) electrons. The van der Waals surface area contributed by atoms with Crippen molar-refractivity contribution in [3.63, 3.8) is 0 Å². The van der Waals surface area contributed by atoms with Crippen LogP contribution in [0.15, 0.2) is 0 Å². The zero-order valence-electron chi connectivity index (χ0n) is 15.2. The van der Waals surface area contributed by atoms with Crippen LogP contribution in [0.3, 0.4) is 0 Å². The first-order valence-electron chi connectivity index (χ1n) is 8.44. The lowest BCUT2D eigenvalue weighted by Gasteiger charge is -2.27. The predicted octanol–water partition coefficient (Wildman–Crippen LogP) is -1.44. The third kappa shape index (κ3) is 5.22. The minimum atomic E-state index is -5.01. The Morgan fingerprint density at radius 2 is 1.31 bits per heavy atom. The molecule has 0 bridgehead atoms. The monoisotopic (exact) mass is 392 g/mol. The summed E-state index contributed by atoms with van der Waals surface area (Å²) < 4.78 is 90.6. The molecular weight excluding hydrogens is 371 g/mol. The Labute approximate surface area is 154 Å². The van der Waals surface area contributed by atoms with E-state index in [-0.39, 0.29) is 42.2 Å². The highest BCUT2D eigenvalue weighted by Gasteiger charge is 2.45. The quantitative estimate of drug-likeness (QED) is 0.335. The van der Waals surface area contributed by atoms with Crippen molar-refractivity contribution in [1.82, 2.24) is 0 Å². The van der Waals surface area contributed by atoms with Gasteiger partial charge >= 0.3 is 6.18 Å². The minimum absolute atomic E-state index is 0.129. The van der Waals surface area contributed by atoms with Gasteiger partial charge in [0.2, 0.25) is 6.10 Å². The van der Waals surface area contributed by atoms with Crippen LogP contribution in [0.2, 0.25) is 0 Å². The molecule has 1 N–H and O–H groups in total. The van der Waals surface area contributed by atoms with Crippen LogP contribution >= 0.6 is 0 Å². The lowest BCUT2D eigenvalue weighted by Crippen LogP contribution is -2.41. The summed E-state index contributed by atoms with van der Waals surface area (Å²) in [7, 11) is 1.78. The van der Waals surface area contributed by atoms with Crippen LogP contribution in [0.1, 0.15) is 22.3 Å². The molecule has 1 unspecified atom stereocenters. The summed E-state index contributed by atoms with van der Waals surface area (Å²) in [5.74, 6) is -2.20. The summed E-state index contributed by atoms with van der Waals surface area (Å²) in [6.45, 7) is 0. The van der Waals surface area contributed by atoms with Crippen LogP contribution < -0.4 is 4.74 Å². The van der Waals surface area contributed by atoms with Crippen molar-refractivity contribution in [1.29, 1.82) is 0 Å². The Bertz CT molecular complexity index is 722. The first-order valence-corrected chi connectivity index (χ1v) is 10.0. The van der Waals surface area contributed by atoms with Gasteiger partial charge in [0, 0.05) is 0 Å². The standard InChI is InChI=1S/C13H20B4F4O4S/c14-1-6-8(3-16)12(9(4-17)7(2-15)11(6)18)25-10(13(19,20)21)5-26(22,23)24/h10H,1-5,14-17H2,(H,22,23,24). The van der Waals surface area contributed by atoms with E-state index in [1.807, 2.05) is 0 Å². The molecule has 0 aromatic heterocycles. The molecule has 0 fully saturated rings. The molecule has 0 saturated heterocycles. The maximum atomic E-state index is 14.8. The Kier molecular flexibility index (Phi) is 7.71. The topological polar surface area (TPSA) is 63.6 Å². The molecule has 4 nitrogen and oxygen atoms in total. The van der Waals surface area contributed by atoms with Crippen LogP contribution in [0.5, 0.6) is 5.75 Å². The molecule has 1 atom stereocenters. The van der Waals surface area contributed by atoms with E-state index in [0.29, 0.717) is 11.1 Å². The number of ether oxygens (including phenoxy) is 1. The maximum Gasteiger partial charge on any atom is 0.426 e. The average Bonchev–Trinajstić information content (AvgIpc) is 2.52. The van der Waals surface area contributed by atoms with Gasteiger partial charge in [-0.05, 0) is 22.3 Å². The van der Waals surface area contributed by atoms with Crippen molar-refractivity contribution >= 4 is 41.5 Å². The largest absolute Gasteiger partial charge is 0.479 e. The molecule has 1 rings (SSSR count). The Hall–Kier alpha value is -1.09. The summed E-state index contributed by atoms with van der Waals surface area (Å²) in [5, 5.41) is 0.